The summed E-state index contributed by atoms with van der Waals surface area (Å²) in [6.07, 6.45) is 0.100. The second kappa shape index (κ2) is 9.07. The van der Waals surface area contributed by atoms with Gasteiger partial charge in [-0.2, -0.15) is 13.2 Å². The van der Waals surface area contributed by atoms with E-state index in [1.165, 1.54) is 0 Å². The first-order valence-electron chi connectivity index (χ1n) is 10.4. The van der Waals surface area contributed by atoms with Crippen molar-refractivity contribution < 1.29 is 13.2 Å². The van der Waals surface area contributed by atoms with E-state index in [0.29, 0.717) is 11.6 Å². The Morgan fingerprint density at radius 1 is 0.969 bits per heavy atom. The zero-order valence-corrected chi connectivity index (χ0v) is 17.9. The maximum Gasteiger partial charge on any atom is 0.433 e. The van der Waals surface area contributed by atoms with Crippen molar-refractivity contribution in [1.82, 2.24) is 24.8 Å². The van der Waals surface area contributed by atoms with E-state index in [2.05, 4.69) is 42.0 Å². The molecule has 1 N–H and O–H groups in total. The number of halogens is 3. The van der Waals surface area contributed by atoms with Crippen molar-refractivity contribution in [2.24, 2.45) is 0 Å². The maximum atomic E-state index is 12.9. The topological polar surface area (TPSA) is 70.1 Å². The minimum atomic E-state index is -4.53. The molecule has 32 heavy (non-hydrogen) atoms. The number of rotatable bonds is 5. The number of aromatic nitrogens is 4. The molecule has 1 aliphatic rings. The van der Waals surface area contributed by atoms with E-state index in [1.54, 1.807) is 12.4 Å². The lowest BCUT2D eigenvalue weighted by atomic mass is 10.1. The van der Waals surface area contributed by atoms with Crippen LogP contribution in [0.2, 0.25) is 0 Å². The zero-order chi connectivity index (χ0) is 22.7. The van der Waals surface area contributed by atoms with Crippen molar-refractivity contribution in [2.75, 3.05) is 42.9 Å². The van der Waals surface area contributed by atoms with Crippen molar-refractivity contribution in [3.63, 3.8) is 0 Å². The van der Waals surface area contributed by atoms with Gasteiger partial charge < -0.3 is 15.1 Å². The normalized spacial score (nSPS) is 15.1. The van der Waals surface area contributed by atoms with Crippen LogP contribution in [0.3, 0.4) is 0 Å². The van der Waals surface area contributed by atoms with Crippen molar-refractivity contribution in [1.29, 1.82) is 0 Å². The predicted molar refractivity (Wildman–Crippen MR) is 117 cm³/mol. The molecule has 168 valence electrons. The molecule has 0 bridgehead atoms. The Morgan fingerprint density at radius 3 is 2.34 bits per heavy atom. The molecule has 0 spiro atoms. The summed E-state index contributed by atoms with van der Waals surface area (Å²) >= 11 is 0. The highest BCUT2D eigenvalue weighted by Gasteiger charge is 2.32. The molecule has 0 aliphatic carbocycles. The standard InChI is InChI=1S/C22H24F3N7/c1-3-31-6-8-32(9-7-31)21-27-13-17(14-28-21)16-10-15(2)11-18(12-16)29-20-26-5-4-19(30-20)22(23,24)25/h4-5,10-14H,3,6-9H2,1-2H3,(H,26,29,30). The average molecular weight is 443 g/mol. The summed E-state index contributed by atoms with van der Waals surface area (Å²) in [5.41, 5.74) is 2.18. The number of alkyl halides is 3. The van der Waals surface area contributed by atoms with Crippen molar-refractivity contribution in [3.8, 4) is 11.1 Å². The van der Waals surface area contributed by atoms with Gasteiger partial charge in [-0.3, -0.25) is 0 Å². The second-order valence-electron chi connectivity index (χ2n) is 7.67. The van der Waals surface area contributed by atoms with Crippen LogP contribution in [-0.2, 0) is 6.18 Å². The fourth-order valence-electron chi connectivity index (χ4n) is 3.63. The van der Waals surface area contributed by atoms with Gasteiger partial charge in [-0.1, -0.05) is 13.0 Å². The van der Waals surface area contributed by atoms with Crippen LogP contribution < -0.4 is 10.2 Å². The van der Waals surface area contributed by atoms with Gasteiger partial charge >= 0.3 is 6.18 Å². The molecule has 10 heteroatoms. The van der Waals surface area contributed by atoms with Crippen LogP contribution >= 0.6 is 0 Å². The number of anilines is 3. The van der Waals surface area contributed by atoms with Gasteiger partial charge in [-0.05, 0) is 42.8 Å². The Kier molecular flexibility index (Phi) is 6.22. The monoisotopic (exact) mass is 443 g/mol. The molecule has 0 radical (unpaired) electrons. The Labute approximate surface area is 184 Å². The lowest BCUT2D eigenvalue weighted by molar-refractivity contribution is -0.141. The first kappa shape index (κ1) is 21.9. The molecular formula is C22H24F3N7. The molecule has 0 amide bonds. The van der Waals surface area contributed by atoms with Gasteiger partial charge in [0.15, 0.2) is 0 Å². The quantitative estimate of drug-likeness (QED) is 0.635. The van der Waals surface area contributed by atoms with Crippen LogP contribution in [0.5, 0.6) is 0 Å². The van der Waals surface area contributed by atoms with Gasteiger partial charge in [0.05, 0.1) is 0 Å². The van der Waals surface area contributed by atoms with E-state index in [9.17, 15) is 13.2 Å². The number of nitrogens with one attached hydrogen (secondary N) is 1. The number of benzene rings is 1. The van der Waals surface area contributed by atoms with Crippen LogP contribution in [0.4, 0.5) is 30.8 Å². The molecule has 2 aromatic heterocycles. The Bertz CT molecular complexity index is 1060. The summed E-state index contributed by atoms with van der Waals surface area (Å²) in [4.78, 5) is 21.1. The third-order valence-corrected chi connectivity index (χ3v) is 5.35. The van der Waals surface area contributed by atoms with E-state index in [1.807, 2.05) is 25.1 Å². The largest absolute Gasteiger partial charge is 0.433 e. The molecule has 1 aliphatic heterocycles. The summed E-state index contributed by atoms with van der Waals surface area (Å²) in [7, 11) is 0. The van der Waals surface area contributed by atoms with Gasteiger partial charge in [0.25, 0.3) is 0 Å². The van der Waals surface area contributed by atoms with Gasteiger partial charge in [0.1, 0.15) is 5.69 Å². The Morgan fingerprint density at radius 2 is 1.69 bits per heavy atom. The zero-order valence-electron chi connectivity index (χ0n) is 17.9. The third-order valence-electron chi connectivity index (χ3n) is 5.35. The number of aryl methyl sites for hydroxylation is 1. The van der Waals surface area contributed by atoms with E-state index < -0.39 is 11.9 Å². The number of likely N-dealkylation sites (N-methyl/N-ethyl adjacent to an activating group) is 1. The first-order valence-corrected chi connectivity index (χ1v) is 10.4. The smallest absolute Gasteiger partial charge is 0.338 e. The lowest BCUT2D eigenvalue weighted by Crippen LogP contribution is -2.46. The summed E-state index contributed by atoms with van der Waals surface area (Å²) in [5.74, 6) is 0.585. The lowest BCUT2D eigenvalue weighted by Gasteiger charge is -2.33. The Balaban J connectivity index is 1.52. The SMILES string of the molecule is CCN1CCN(c2ncc(-c3cc(C)cc(Nc4nccc(C(F)(F)F)n4)c3)cn2)CC1. The van der Waals surface area contributed by atoms with Crippen LogP contribution in [0.1, 0.15) is 18.2 Å². The molecule has 1 aromatic carbocycles. The number of hydrogen-bond donors (Lipinski definition) is 1. The predicted octanol–water partition coefficient (Wildman–Crippen LogP) is 4.15. The molecule has 4 rings (SSSR count). The number of piperazine rings is 1. The third kappa shape index (κ3) is 5.13. The van der Waals surface area contributed by atoms with Crippen molar-refractivity contribution in [2.45, 2.75) is 20.0 Å². The summed E-state index contributed by atoms with van der Waals surface area (Å²) in [6.45, 7) is 8.88. The molecule has 0 atom stereocenters. The van der Waals surface area contributed by atoms with E-state index in [4.69, 9.17) is 0 Å². The highest BCUT2D eigenvalue weighted by atomic mass is 19.4. The molecule has 1 fully saturated rings. The summed E-state index contributed by atoms with van der Waals surface area (Å²) < 4.78 is 38.8. The van der Waals surface area contributed by atoms with Crippen LogP contribution in [0.25, 0.3) is 11.1 Å². The highest BCUT2D eigenvalue weighted by molar-refractivity contribution is 5.70. The fraction of sp³-hybridized carbons (Fsp3) is 0.364. The maximum absolute atomic E-state index is 12.9. The fourth-order valence-corrected chi connectivity index (χ4v) is 3.63. The van der Waals surface area contributed by atoms with Gasteiger partial charge in [0, 0.05) is 56.0 Å². The Hall–Kier alpha value is -3.27. The van der Waals surface area contributed by atoms with Gasteiger partial charge in [0.2, 0.25) is 11.9 Å². The van der Waals surface area contributed by atoms with Crippen LogP contribution in [-0.4, -0.2) is 57.6 Å². The van der Waals surface area contributed by atoms with E-state index >= 15 is 0 Å². The number of hydrogen-bond acceptors (Lipinski definition) is 7. The van der Waals surface area contributed by atoms with E-state index in [-0.39, 0.29) is 5.95 Å². The van der Waals surface area contributed by atoms with Crippen LogP contribution in [0.15, 0.2) is 42.9 Å². The van der Waals surface area contributed by atoms with Crippen molar-refractivity contribution in [3.05, 3.63) is 54.1 Å². The van der Waals surface area contributed by atoms with E-state index in [0.717, 1.165) is 61.7 Å². The molecule has 7 nitrogen and oxygen atoms in total. The number of nitrogens with zero attached hydrogens (tertiary/aromatic N) is 6. The molecule has 0 unspecified atom stereocenters. The van der Waals surface area contributed by atoms with Gasteiger partial charge in [-0.15, -0.1) is 0 Å². The minimum absolute atomic E-state index is 0.116. The summed E-state index contributed by atoms with van der Waals surface area (Å²) in [6, 6.07) is 6.44. The molecule has 1 saturated heterocycles. The molecule has 3 heterocycles. The molecule has 0 saturated carbocycles. The average Bonchev–Trinajstić information content (AvgIpc) is 2.78. The summed E-state index contributed by atoms with van der Waals surface area (Å²) in [5, 5.41) is 2.86. The molecular weight excluding hydrogens is 419 g/mol. The van der Waals surface area contributed by atoms with Gasteiger partial charge in [-0.25, -0.2) is 19.9 Å². The second-order valence-corrected chi connectivity index (χ2v) is 7.67. The van der Waals surface area contributed by atoms with Crippen molar-refractivity contribution >= 4 is 17.6 Å². The highest BCUT2D eigenvalue weighted by Crippen LogP contribution is 2.29. The minimum Gasteiger partial charge on any atom is -0.338 e. The van der Waals surface area contributed by atoms with Crippen LogP contribution in [0, 0.1) is 6.92 Å². The molecule has 3 aromatic rings. The first-order chi connectivity index (χ1) is 15.3.